The van der Waals surface area contributed by atoms with Gasteiger partial charge in [-0.25, -0.2) is 0 Å². The maximum atomic E-state index is 6.26. The van der Waals surface area contributed by atoms with Crippen LogP contribution in [0, 0.1) is 5.92 Å². The highest BCUT2D eigenvalue weighted by Crippen LogP contribution is 2.37. The highest BCUT2D eigenvalue weighted by Gasteiger charge is 2.37. The summed E-state index contributed by atoms with van der Waals surface area (Å²) in [5.41, 5.74) is 11.2. The Labute approximate surface area is 89.2 Å². The van der Waals surface area contributed by atoms with E-state index in [-0.39, 0.29) is 5.95 Å². The van der Waals surface area contributed by atoms with E-state index in [9.17, 15) is 0 Å². The topological polar surface area (TPSA) is 91.0 Å². The van der Waals surface area contributed by atoms with E-state index in [0.717, 1.165) is 31.6 Å². The van der Waals surface area contributed by atoms with Crippen LogP contribution in [0.5, 0.6) is 0 Å². The zero-order valence-electron chi connectivity index (χ0n) is 9.07. The van der Waals surface area contributed by atoms with Gasteiger partial charge in [0.2, 0.25) is 5.89 Å². The van der Waals surface area contributed by atoms with Crippen molar-refractivity contribution in [2.45, 2.75) is 44.6 Å². The van der Waals surface area contributed by atoms with Crippen molar-refractivity contribution in [3.05, 3.63) is 5.89 Å². The van der Waals surface area contributed by atoms with E-state index < -0.39 is 5.54 Å². The minimum Gasteiger partial charge on any atom is -0.365 e. The average molecular weight is 210 g/mol. The zero-order chi connectivity index (χ0) is 10.9. The van der Waals surface area contributed by atoms with Crippen LogP contribution in [-0.4, -0.2) is 10.1 Å². The van der Waals surface area contributed by atoms with Crippen LogP contribution in [0.25, 0.3) is 0 Å². The number of hydrogen-bond acceptors (Lipinski definition) is 5. The Hall–Kier alpha value is -1.10. The second kappa shape index (κ2) is 3.81. The second-order valence-electron chi connectivity index (χ2n) is 4.47. The molecule has 5 heteroatoms. The summed E-state index contributed by atoms with van der Waals surface area (Å²) < 4.78 is 5.06. The predicted molar refractivity (Wildman–Crippen MR) is 56.8 cm³/mol. The van der Waals surface area contributed by atoms with Crippen LogP contribution in [0.3, 0.4) is 0 Å². The van der Waals surface area contributed by atoms with Crippen molar-refractivity contribution in [3.63, 3.8) is 0 Å². The third-order valence-corrected chi connectivity index (χ3v) is 3.44. The molecule has 2 rings (SSSR count). The summed E-state index contributed by atoms with van der Waals surface area (Å²) >= 11 is 0. The number of nitrogens with zero attached hydrogens (tertiary/aromatic N) is 2. The largest absolute Gasteiger partial charge is 0.365 e. The van der Waals surface area contributed by atoms with Crippen LogP contribution in [-0.2, 0) is 5.54 Å². The highest BCUT2D eigenvalue weighted by molar-refractivity contribution is 5.15. The fraction of sp³-hybridized carbons (Fsp3) is 0.800. The van der Waals surface area contributed by atoms with E-state index in [1.807, 2.05) is 0 Å². The molecule has 0 bridgehead atoms. The quantitative estimate of drug-likeness (QED) is 0.770. The molecule has 84 valence electrons. The molecule has 0 aliphatic heterocycles. The molecule has 1 aromatic rings. The number of aromatic nitrogens is 2. The fourth-order valence-electron chi connectivity index (χ4n) is 2.25. The number of nitrogen functional groups attached to an aromatic ring is 1. The Morgan fingerprint density at radius 3 is 2.60 bits per heavy atom. The highest BCUT2D eigenvalue weighted by atomic mass is 16.5. The SMILES string of the molecule is CCC1CCC(N)(c2nc(N)no2)CC1. The third-order valence-electron chi connectivity index (χ3n) is 3.44. The van der Waals surface area contributed by atoms with Gasteiger partial charge in [-0.2, -0.15) is 4.98 Å². The molecule has 0 amide bonds. The summed E-state index contributed by atoms with van der Waals surface area (Å²) in [7, 11) is 0. The monoisotopic (exact) mass is 210 g/mol. The Balaban J connectivity index is 2.09. The van der Waals surface area contributed by atoms with E-state index in [2.05, 4.69) is 17.1 Å². The molecule has 1 saturated carbocycles. The number of rotatable bonds is 2. The number of anilines is 1. The summed E-state index contributed by atoms with van der Waals surface area (Å²) in [6, 6.07) is 0. The molecule has 1 aliphatic rings. The minimum atomic E-state index is -0.448. The van der Waals surface area contributed by atoms with E-state index in [1.54, 1.807) is 0 Å². The molecule has 0 atom stereocenters. The van der Waals surface area contributed by atoms with Gasteiger partial charge in [0.25, 0.3) is 5.95 Å². The van der Waals surface area contributed by atoms with Gasteiger partial charge in [-0.3, -0.25) is 0 Å². The Kier molecular flexibility index (Phi) is 2.65. The molecule has 1 aliphatic carbocycles. The van der Waals surface area contributed by atoms with Gasteiger partial charge >= 0.3 is 0 Å². The van der Waals surface area contributed by atoms with Gasteiger partial charge in [-0.15, -0.1) is 0 Å². The van der Waals surface area contributed by atoms with Crippen molar-refractivity contribution in [3.8, 4) is 0 Å². The van der Waals surface area contributed by atoms with Crippen LogP contribution >= 0.6 is 0 Å². The first-order chi connectivity index (χ1) is 7.14. The standard InChI is InChI=1S/C10H18N4O/c1-2-7-3-5-10(12,6-4-7)8-13-9(11)14-15-8/h7H,2-6,12H2,1H3,(H2,11,14). The first-order valence-electron chi connectivity index (χ1n) is 5.52. The van der Waals surface area contributed by atoms with Crippen LogP contribution in [0.2, 0.25) is 0 Å². The van der Waals surface area contributed by atoms with E-state index in [0.29, 0.717) is 5.89 Å². The van der Waals surface area contributed by atoms with Gasteiger partial charge in [0.05, 0.1) is 5.54 Å². The van der Waals surface area contributed by atoms with Crippen molar-refractivity contribution < 1.29 is 4.52 Å². The molecule has 0 radical (unpaired) electrons. The Morgan fingerprint density at radius 1 is 1.47 bits per heavy atom. The molecule has 0 unspecified atom stereocenters. The summed E-state index contributed by atoms with van der Waals surface area (Å²) in [6.07, 6.45) is 5.31. The maximum absolute atomic E-state index is 6.26. The normalized spacial score (nSPS) is 31.7. The summed E-state index contributed by atoms with van der Waals surface area (Å²) in [5.74, 6) is 1.46. The molecular formula is C10H18N4O. The summed E-state index contributed by atoms with van der Waals surface area (Å²) in [5, 5.41) is 3.59. The second-order valence-corrected chi connectivity index (χ2v) is 4.47. The van der Waals surface area contributed by atoms with E-state index in [4.69, 9.17) is 16.0 Å². The lowest BCUT2D eigenvalue weighted by atomic mass is 9.76. The van der Waals surface area contributed by atoms with Crippen LogP contribution in [0.1, 0.15) is 44.9 Å². The van der Waals surface area contributed by atoms with Crippen LogP contribution < -0.4 is 11.5 Å². The first-order valence-corrected chi connectivity index (χ1v) is 5.52. The molecule has 1 aromatic heterocycles. The lowest BCUT2D eigenvalue weighted by molar-refractivity contribution is 0.181. The molecule has 4 N–H and O–H groups in total. The summed E-state index contributed by atoms with van der Waals surface area (Å²) in [4.78, 5) is 4.03. The van der Waals surface area contributed by atoms with Crippen molar-refractivity contribution in [1.29, 1.82) is 0 Å². The van der Waals surface area contributed by atoms with Crippen molar-refractivity contribution in [2.24, 2.45) is 11.7 Å². The average Bonchev–Trinajstić information content (AvgIpc) is 2.67. The van der Waals surface area contributed by atoms with Gasteiger partial charge in [0, 0.05) is 0 Å². The van der Waals surface area contributed by atoms with Crippen molar-refractivity contribution in [2.75, 3.05) is 5.73 Å². The smallest absolute Gasteiger partial charge is 0.260 e. The van der Waals surface area contributed by atoms with E-state index in [1.165, 1.54) is 6.42 Å². The summed E-state index contributed by atoms with van der Waals surface area (Å²) in [6.45, 7) is 2.22. The fourth-order valence-corrected chi connectivity index (χ4v) is 2.25. The molecule has 15 heavy (non-hydrogen) atoms. The molecular weight excluding hydrogens is 192 g/mol. The van der Waals surface area contributed by atoms with Gasteiger partial charge in [0.1, 0.15) is 0 Å². The maximum Gasteiger partial charge on any atom is 0.260 e. The molecule has 1 heterocycles. The van der Waals surface area contributed by atoms with Gasteiger partial charge < -0.3 is 16.0 Å². The lowest BCUT2D eigenvalue weighted by Crippen LogP contribution is -2.40. The third kappa shape index (κ3) is 1.97. The zero-order valence-corrected chi connectivity index (χ0v) is 9.07. The Bertz CT molecular complexity index is 328. The van der Waals surface area contributed by atoms with Crippen molar-refractivity contribution in [1.82, 2.24) is 10.1 Å². The predicted octanol–water partition coefficient (Wildman–Crippen LogP) is 1.41. The van der Waals surface area contributed by atoms with E-state index >= 15 is 0 Å². The lowest BCUT2D eigenvalue weighted by Gasteiger charge is -2.33. The first kappa shape index (κ1) is 10.4. The molecule has 5 nitrogen and oxygen atoms in total. The minimum absolute atomic E-state index is 0.174. The van der Waals surface area contributed by atoms with Gasteiger partial charge in [-0.1, -0.05) is 13.3 Å². The molecule has 1 fully saturated rings. The van der Waals surface area contributed by atoms with Gasteiger partial charge in [0.15, 0.2) is 0 Å². The molecule has 0 saturated heterocycles. The van der Waals surface area contributed by atoms with Gasteiger partial charge in [-0.05, 0) is 36.8 Å². The van der Waals surface area contributed by atoms with Crippen LogP contribution in [0.4, 0.5) is 5.95 Å². The number of hydrogen-bond donors (Lipinski definition) is 2. The molecule has 0 aromatic carbocycles. The van der Waals surface area contributed by atoms with Crippen molar-refractivity contribution >= 4 is 5.95 Å². The van der Waals surface area contributed by atoms with Crippen LogP contribution in [0.15, 0.2) is 4.52 Å². The Morgan fingerprint density at radius 2 is 2.13 bits per heavy atom. The number of nitrogens with two attached hydrogens (primary N) is 2. The molecule has 0 spiro atoms.